The third kappa shape index (κ3) is 4.69. The van der Waals surface area contributed by atoms with Gasteiger partial charge in [0.25, 0.3) is 0 Å². The van der Waals surface area contributed by atoms with Crippen molar-refractivity contribution < 1.29 is 9.90 Å². The molecule has 2 rings (SSSR count). The van der Waals surface area contributed by atoms with Crippen LogP contribution in [0.25, 0.3) is 0 Å². The summed E-state index contributed by atoms with van der Waals surface area (Å²) in [5.74, 6) is -0.802. The zero-order valence-electron chi connectivity index (χ0n) is 11.8. The molecule has 0 spiro atoms. The Hall–Kier alpha value is -1.65. The second-order valence-electron chi connectivity index (χ2n) is 4.99. The van der Waals surface area contributed by atoms with Gasteiger partial charge in [-0.25, -0.2) is 0 Å². The fourth-order valence-electron chi connectivity index (χ4n) is 2.20. The number of hydrogen-bond acceptors (Lipinski definition) is 2. The van der Waals surface area contributed by atoms with Gasteiger partial charge in [-0.1, -0.05) is 52.3 Å². The van der Waals surface area contributed by atoms with Crippen molar-refractivity contribution in [2.24, 2.45) is 0 Å². The lowest BCUT2D eigenvalue weighted by Crippen LogP contribution is -2.19. The first-order valence-electron chi connectivity index (χ1n) is 6.83. The molecule has 0 saturated carbocycles. The summed E-state index contributed by atoms with van der Waals surface area (Å²) in [4.78, 5) is 10.9. The number of nitrogens with one attached hydrogen (secondary N) is 1. The standard InChI is InChI=1S/C17H18BrNO2/c1-12(13-6-8-16(18)9-7-13)19-11-15-5-3-2-4-14(15)10-17(20)21/h2-9,12,19H,10-11H2,1H3,(H,20,21). The molecule has 0 radical (unpaired) electrons. The van der Waals surface area contributed by atoms with E-state index in [0.29, 0.717) is 6.54 Å². The molecule has 0 aliphatic heterocycles. The van der Waals surface area contributed by atoms with E-state index in [9.17, 15) is 4.79 Å². The molecule has 0 bridgehead atoms. The van der Waals surface area contributed by atoms with Crippen LogP contribution in [0.3, 0.4) is 0 Å². The van der Waals surface area contributed by atoms with Crippen LogP contribution in [0.15, 0.2) is 53.0 Å². The highest BCUT2D eigenvalue weighted by molar-refractivity contribution is 9.10. The molecule has 1 atom stereocenters. The molecular formula is C17H18BrNO2. The maximum absolute atomic E-state index is 10.9. The Labute approximate surface area is 133 Å². The molecule has 2 aromatic rings. The van der Waals surface area contributed by atoms with Gasteiger partial charge < -0.3 is 10.4 Å². The van der Waals surface area contributed by atoms with Crippen LogP contribution in [-0.4, -0.2) is 11.1 Å². The molecule has 0 aliphatic rings. The summed E-state index contributed by atoms with van der Waals surface area (Å²) in [5, 5.41) is 12.4. The largest absolute Gasteiger partial charge is 0.481 e. The van der Waals surface area contributed by atoms with Crippen molar-refractivity contribution in [3.8, 4) is 0 Å². The van der Waals surface area contributed by atoms with E-state index in [1.807, 2.05) is 36.4 Å². The molecule has 2 N–H and O–H groups in total. The van der Waals surface area contributed by atoms with Crippen molar-refractivity contribution in [2.45, 2.75) is 25.9 Å². The lowest BCUT2D eigenvalue weighted by atomic mass is 10.0. The summed E-state index contributed by atoms with van der Waals surface area (Å²) in [5.41, 5.74) is 3.10. The van der Waals surface area contributed by atoms with E-state index >= 15 is 0 Å². The Balaban J connectivity index is 2.02. The molecule has 0 saturated heterocycles. The molecule has 1 unspecified atom stereocenters. The lowest BCUT2D eigenvalue weighted by molar-refractivity contribution is -0.136. The van der Waals surface area contributed by atoms with Crippen LogP contribution >= 0.6 is 15.9 Å². The van der Waals surface area contributed by atoms with Crippen molar-refractivity contribution in [3.05, 3.63) is 69.7 Å². The van der Waals surface area contributed by atoms with Crippen LogP contribution in [0.4, 0.5) is 0 Å². The van der Waals surface area contributed by atoms with Crippen LogP contribution in [-0.2, 0) is 17.8 Å². The number of carboxylic acid groups (broad SMARTS) is 1. The van der Waals surface area contributed by atoms with Crippen molar-refractivity contribution in [3.63, 3.8) is 0 Å². The highest BCUT2D eigenvalue weighted by Crippen LogP contribution is 2.18. The predicted molar refractivity (Wildman–Crippen MR) is 87.2 cm³/mol. The van der Waals surface area contributed by atoms with Gasteiger partial charge in [0.1, 0.15) is 0 Å². The second kappa shape index (κ2) is 7.38. The maximum Gasteiger partial charge on any atom is 0.307 e. The van der Waals surface area contributed by atoms with Crippen molar-refractivity contribution in [1.82, 2.24) is 5.32 Å². The van der Waals surface area contributed by atoms with Gasteiger partial charge in [0, 0.05) is 17.1 Å². The van der Waals surface area contributed by atoms with Gasteiger partial charge in [-0.05, 0) is 35.7 Å². The van der Waals surface area contributed by atoms with E-state index < -0.39 is 5.97 Å². The Morgan fingerprint density at radius 2 is 1.76 bits per heavy atom. The van der Waals surface area contributed by atoms with Gasteiger partial charge >= 0.3 is 5.97 Å². The third-order valence-electron chi connectivity index (χ3n) is 3.43. The molecule has 0 heterocycles. The van der Waals surface area contributed by atoms with Crippen LogP contribution in [0.5, 0.6) is 0 Å². The molecule has 3 nitrogen and oxygen atoms in total. The minimum atomic E-state index is -0.802. The van der Waals surface area contributed by atoms with E-state index in [1.54, 1.807) is 0 Å². The van der Waals surface area contributed by atoms with Crippen LogP contribution in [0.1, 0.15) is 29.7 Å². The summed E-state index contributed by atoms with van der Waals surface area (Å²) in [6, 6.07) is 16.0. The predicted octanol–water partition coefficient (Wildman–Crippen LogP) is 3.93. The molecule has 0 amide bonds. The van der Waals surface area contributed by atoms with Gasteiger partial charge in [-0.3, -0.25) is 4.79 Å². The summed E-state index contributed by atoms with van der Waals surface area (Å²) in [6.07, 6.45) is 0.0600. The average Bonchev–Trinajstić information content (AvgIpc) is 2.46. The SMILES string of the molecule is CC(NCc1ccccc1CC(=O)O)c1ccc(Br)cc1. The fourth-order valence-corrected chi connectivity index (χ4v) is 2.46. The molecule has 0 aliphatic carbocycles. The number of hydrogen-bond donors (Lipinski definition) is 2. The Morgan fingerprint density at radius 3 is 2.38 bits per heavy atom. The van der Waals surface area contributed by atoms with Crippen LogP contribution in [0, 0.1) is 0 Å². The fraction of sp³-hybridized carbons (Fsp3) is 0.235. The summed E-state index contributed by atoms with van der Waals surface area (Å²) >= 11 is 3.43. The van der Waals surface area contributed by atoms with Gasteiger partial charge in [0.15, 0.2) is 0 Å². The third-order valence-corrected chi connectivity index (χ3v) is 3.96. The van der Waals surface area contributed by atoms with Crippen molar-refractivity contribution in [2.75, 3.05) is 0 Å². The molecule has 2 aromatic carbocycles. The highest BCUT2D eigenvalue weighted by atomic mass is 79.9. The lowest BCUT2D eigenvalue weighted by Gasteiger charge is -2.16. The first kappa shape index (κ1) is 15.7. The Bertz CT molecular complexity index is 610. The highest BCUT2D eigenvalue weighted by Gasteiger charge is 2.09. The Morgan fingerprint density at radius 1 is 1.14 bits per heavy atom. The minimum absolute atomic E-state index is 0.0600. The van der Waals surface area contributed by atoms with E-state index in [4.69, 9.17) is 5.11 Å². The molecule has 0 fully saturated rings. The number of halogens is 1. The van der Waals surface area contributed by atoms with E-state index in [2.05, 4.69) is 40.3 Å². The van der Waals surface area contributed by atoms with Gasteiger partial charge in [0.2, 0.25) is 0 Å². The maximum atomic E-state index is 10.9. The summed E-state index contributed by atoms with van der Waals surface area (Å²) in [6.45, 7) is 2.75. The molecule has 110 valence electrons. The summed E-state index contributed by atoms with van der Waals surface area (Å²) in [7, 11) is 0. The van der Waals surface area contributed by atoms with Gasteiger partial charge in [-0.2, -0.15) is 0 Å². The first-order valence-corrected chi connectivity index (χ1v) is 7.63. The molecule has 21 heavy (non-hydrogen) atoms. The molecule has 0 aromatic heterocycles. The second-order valence-corrected chi connectivity index (χ2v) is 5.91. The number of carbonyl (C=O) groups is 1. The topological polar surface area (TPSA) is 49.3 Å². The zero-order chi connectivity index (χ0) is 15.2. The van der Waals surface area contributed by atoms with Crippen molar-refractivity contribution in [1.29, 1.82) is 0 Å². The van der Waals surface area contributed by atoms with Crippen LogP contribution < -0.4 is 5.32 Å². The van der Waals surface area contributed by atoms with Crippen molar-refractivity contribution >= 4 is 21.9 Å². The summed E-state index contributed by atoms with van der Waals surface area (Å²) < 4.78 is 1.06. The quantitative estimate of drug-likeness (QED) is 0.832. The molecular weight excluding hydrogens is 330 g/mol. The minimum Gasteiger partial charge on any atom is -0.481 e. The number of benzene rings is 2. The first-order chi connectivity index (χ1) is 10.1. The van der Waals surface area contributed by atoms with E-state index in [1.165, 1.54) is 5.56 Å². The smallest absolute Gasteiger partial charge is 0.307 e. The molecule has 4 heteroatoms. The monoisotopic (exact) mass is 347 g/mol. The van der Waals surface area contributed by atoms with E-state index in [0.717, 1.165) is 15.6 Å². The average molecular weight is 348 g/mol. The Kier molecular flexibility index (Phi) is 5.53. The van der Waals surface area contributed by atoms with Gasteiger partial charge in [-0.15, -0.1) is 0 Å². The number of aliphatic carboxylic acids is 1. The van der Waals surface area contributed by atoms with Crippen LogP contribution in [0.2, 0.25) is 0 Å². The zero-order valence-corrected chi connectivity index (χ0v) is 13.4. The normalized spacial score (nSPS) is 12.1. The number of carboxylic acids is 1. The number of rotatable bonds is 6. The van der Waals surface area contributed by atoms with Gasteiger partial charge in [0.05, 0.1) is 6.42 Å². The van der Waals surface area contributed by atoms with E-state index in [-0.39, 0.29) is 12.5 Å².